The molecular weight excluding hydrogens is 253 g/mol. The molecule has 0 aromatic heterocycles. The number of hydrogen-bond donors (Lipinski definition) is 3. The minimum absolute atomic E-state index is 0.190. The summed E-state index contributed by atoms with van der Waals surface area (Å²) in [6, 6.07) is 3.67. The molecule has 104 valence electrons. The van der Waals surface area contributed by atoms with Crippen molar-refractivity contribution in [2.75, 3.05) is 32.5 Å². The zero-order valence-corrected chi connectivity index (χ0v) is 10.5. The Balaban J connectivity index is 2.47. The summed E-state index contributed by atoms with van der Waals surface area (Å²) < 4.78 is 18.1. The van der Waals surface area contributed by atoms with Gasteiger partial charge >= 0.3 is 0 Å². The first-order chi connectivity index (χ1) is 9.04. The zero-order valence-electron chi connectivity index (χ0n) is 10.5. The number of methoxy groups -OCH3 is 1. The van der Waals surface area contributed by atoms with Gasteiger partial charge in [-0.1, -0.05) is 0 Å². The Morgan fingerprint density at radius 1 is 1.37 bits per heavy atom. The van der Waals surface area contributed by atoms with Crippen molar-refractivity contribution in [2.45, 2.75) is 0 Å². The Kier molecular flexibility index (Phi) is 5.74. The smallest absolute Gasteiger partial charge is 0.254 e. The molecule has 4 N–H and O–H groups in total. The SMILES string of the molecule is COCCNC(=O)CNC(=O)c1cc(N)ccc1F. The van der Waals surface area contributed by atoms with Crippen LogP contribution in [-0.4, -0.2) is 38.6 Å². The van der Waals surface area contributed by atoms with Crippen molar-refractivity contribution in [2.24, 2.45) is 0 Å². The minimum Gasteiger partial charge on any atom is -0.399 e. The van der Waals surface area contributed by atoms with E-state index in [0.29, 0.717) is 13.2 Å². The summed E-state index contributed by atoms with van der Waals surface area (Å²) in [6.45, 7) is 0.484. The van der Waals surface area contributed by atoms with Gasteiger partial charge in [-0.3, -0.25) is 9.59 Å². The predicted octanol–water partition coefficient (Wildman–Crippen LogP) is -0.0997. The molecule has 0 aliphatic heterocycles. The lowest BCUT2D eigenvalue weighted by Gasteiger charge is -2.07. The molecule has 1 aromatic carbocycles. The van der Waals surface area contributed by atoms with Crippen molar-refractivity contribution < 1.29 is 18.7 Å². The number of halogens is 1. The maximum absolute atomic E-state index is 13.4. The summed E-state index contributed by atoms with van der Waals surface area (Å²) in [7, 11) is 1.51. The summed E-state index contributed by atoms with van der Waals surface area (Å²) in [5.74, 6) is -1.76. The number of carbonyl (C=O) groups is 2. The highest BCUT2D eigenvalue weighted by Crippen LogP contribution is 2.11. The van der Waals surface area contributed by atoms with E-state index in [1.165, 1.54) is 19.2 Å². The van der Waals surface area contributed by atoms with Crippen LogP contribution in [0.5, 0.6) is 0 Å². The van der Waals surface area contributed by atoms with Crippen LogP contribution in [0.3, 0.4) is 0 Å². The molecule has 7 heteroatoms. The van der Waals surface area contributed by atoms with Crippen LogP contribution < -0.4 is 16.4 Å². The number of benzene rings is 1. The number of carbonyl (C=O) groups excluding carboxylic acids is 2. The van der Waals surface area contributed by atoms with E-state index in [9.17, 15) is 14.0 Å². The Hall–Kier alpha value is -2.15. The monoisotopic (exact) mass is 269 g/mol. The first-order valence-corrected chi connectivity index (χ1v) is 5.63. The topological polar surface area (TPSA) is 93.5 Å². The maximum Gasteiger partial charge on any atom is 0.254 e. The van der Waals surface area contributed by atoms with Crippen LogP contribution in [0.2, 0.25) is 0 Å². The van der Waals surface area contributed by atoms with Gasteiger partial charge in [-0.2, -0.15) is 0 Å². The number of nitrogen functional groups attached to an aromatic ring is 1. The van der Waals surface area contributed by atoms with Crippen LogP contribution in [0.15, 0.2) is 18.2 Å². The van der Waals surface area contributed by atoms with Gasteiger partial charge in [0.2, 0.25) is 5.91 Å². The fourth-order valence-electron chi connectivity index (χ4n) is 1.33. The van der Waals surface area contributed by atoms with E-state index < -0.39 is 11.7 Å². The van der Waals surface area contributed by atoms with Crippen LogP contribution in [0.4, 0.5) is 10.1 Å². The first-order valence-electron chi connectivity index (χ1n) is 5.63. The largest absolute Gasteiger partial charge is 0.399 e. The molecule has 0 radical (unpaired) electrons. The Labute approximate surface area is 110 Å². The lowest BCUT2D eigenvalue weighted by molar-refractivity contribution is -0.120. The highest BCUT2D eigenvalue weighted by molar-refractivity contribution is 5.97. The molecule has 0 saturated heterocycles. The number of nitrogens with two attached hydrogens (primary N) is 1. The van der Waals surface area contributed by atoms with Gasteiger partial charge < -0.3 is 21.1 Å². The van der Waals surface area contributed by atoms with Gasteiger partial charge in [0.15, 0.2) is 0 Å². The van der Waals surface area contributed by atoms with Gasteiger partial charge in [0.1, 0.15) is 5.82 Å². The van der Waals surface area contributed by atoms with Crippen molar-refractivity contribution in [3.05, 3.63) is 29.6 Å². The number of rotatable bonds is 6. The molecule has 19 heavy (non-hydrogen) atoms. The van der Waals surface area contributed by atoms with Crippen LogP contribution in [-0.2, 0) is 9.53 Å². The average Bonchev–Trinajstić information content (AvgIpc) is 2.39. The second kappa shape index (κ2) is 7.32. The van der Waals surface area contributed by atoms with Crippen LogP contribution in [0.25, 0.3) is 0 Å². The molecular formula is C12H16FN3O3. The Morgan fingerprint density at radius 2 is 2.11 bits per heavy atom. The maximum atomic E-state index is 13.4. The fraction of sp³-hybridized carbons (Fsp3) is 0.333. The van der Waals surface area contributed by atoms with Crippen LogP contribution in [0, 0.1) is 5.82 Å². The first kappa shape index (κ1) is 14.9. The molecule has 0 spiro atoms. The molecule has 0 saturated carbocycles. The summed E-state index contributed by atoms with van der Waals surface area (Å²) in [5, 5.41) is 4.83. The van der Waals surface area contributed by atoms with E-state index in [1.807, 2.05) is 0 Å². The van der Waals surface area contributed by atoms with Gasteiger partial charge in [0.05, 0.1) is 18.7 Å². The third kappa shape index (κ3) is 4.92. The molecule has 0 bridgehead atoms. The molecule has 0 aliphatic rings. The second-order valence-corrected chi connectivity index (χ2v) is 3.76. The molecule has 1 aromatic rings. The number of amides is 2. The summed E-state index contributed by atoms with van der Waals surface area (Å²) in [6.07, 6.45) is 0. The molecule has 6 nitrogen and oxygen atoms in total. The minimum atomic E-state index is -0.688. The highest BCUT2D eigenvalue weighted by Gasteiger charge is 2.12. The lowest BCUT2D eigenvalue weighted by atomic mass is 10.2. The van der Waals surface area contributed by atoms with Crippen molar-refractivity contribution in [1.29, 1.82) is 0 Å². The molecule has 0 heterocycles. The van der Waals surface area contributed by atoms with Gasteiger partial charge in [0.25, 0.3) is 5.91 Å². The van der Waals surface area contributed by atoms with Crippen LogP contribution in [0.1, 0.15) is 10.4 Å². The van der Waals surface area contributed by atoms with Crippen LogP contribution >= 0.6 is 0 Å². The molecule has 1 rings (SSSR count). The van der Waals surface area contributed by atoms with E-state index in [0.717, 1.165) is 6.07 Å². The highest BCUT2D eigenvalue weighted by atomic mass is 19.1. The van der Waals surface area contributed by atoms with Gasteiger partial charge in [0, 0.05) is 19.3 Å². The molecule has 0 aliphatic carbocycles. The van der Waals surface area contributed by atoms with E-state index >= 15 is 0 Å². The molecule has 0 atom stereocenters. The third-order valence-electron chi connectivity index (χ3n) is 2.27. The normalized spacial score (nSPS) is 10.0. The van der Waals surface area contributed by atoms with E-state index in [4.69, 9.17) is 10.5 Å². The fourth-order valence-corrected chi connectivity index (χ4v) is 1.33. The second-order valence-electron chi connectivity index (χ2n) is 3.76. The Bertz CT molecular complexity index is 466. The van der Waals surface area contributed by atoms with Crippen molar-refractivity contribution in [3.8, 4) is 0 Å². The zero-order chi connectivity index (χ0) is 14.3. The van der Waals surface area contributed by atoms with E-state index in [2.05, 4.69) is 10.6 Å². The number of nitrogens with one attached hydrogen (secondary N) is 2. The predicted molar refractivity (Wildman–Crippen MR) is 68.0 cm³/mol. The van der Waals surface area contributed by atoms with Gasteiger partial charge in [-0.05, 0) is 18.2 Å². The lowest BCUT2D eigenvalue weighted by Crippen LogP contribution is -2.38. The van der Waals surface area contributed by atoms with Crippen molar-refractivity contribution in [3.63, 3.8) is 0 Å². The quantitative estimate of drug-likeness (QED) is 0.496. The molecule has 0 unspecified atom stereocenters. The number of hydrogen-bond acceptors (Lipinski definition) is 4. The summed E-state index contributed by atoms with van der Waals surface area (Å²) in [5.41, 5.74) is 5.55. The number of anilines is 1. The number of ether oxygens (including phenoxy) is 1. The van der Waals surface area contributed by atoms with Gasteiger partial charge in [-0.25, -0.2) is 4.39 Å². The third-order valence-corrected chi connectivity index (χ3v) is 2.27. The van der Waals surface area contributed by atoms with E-state index in [1.54, 1.807) is 0 Å². The molecule has 0 fully saturated rings. The van der Waals surface area contributed by atoms with E-state index in [-0.39, 0.29) is 23.7 Å². The summed E-state index contributed by atoms with van der Waals surface area (Å²) >= 11 is 0. The van der Waals surface area contributed by atoms with Crippen molar-refractivity contribution in [1.82, 2.24) is 10.6 Å². The standard InChI is InChI=1S/C12H16FN3O3/c1-19-5-4-15-11(17)7-16-12(18)9-6-8(14)2-3-10(9)13/h2-3,6H,4-5,7,14H2,1H3,(H,15,17)(H,16,18). The average molecular weight is 269 g/mol. The van der Waals surface area contributed by atoms with Gasteiger partial charge in [-0.15, -0.1) is 0 Å². The molecule has 2 amide bonds. The summed E-state index contributed by atoms with van der Waals surface area (Å²) in [4.78, 5) is 22.9. The Morgan fingerprint density at radius 3 is 2.79 bits per heavy atom. The van der Waals surface area contributed by atoms with Crippen molar-refractivity contribution >= 4 is 17.5 Å².